The molecule has 0 amide bonds. The predicted octanol–water partition coefficient (Wildman–Crippen LogP) is 2.27. The molecule has 1 aliphatic heterocycles. The predicted molar refractivity (Wildman–Crippen MR) is 62.7 cm³/mol. The molecule has 0 fully saturated rings. The second-order valence-electron chi connectivity index (χ2n) is 3.24. The maximum Gasteiger partial charge on any atom is 0.156 e. The van der Waals surface area contributed by atoms with Crippen LogP contribution in [-0.4, -0.2) is 18.3 Å². The smallest absolute Gasteiger partial charge is 0.156 e. The lowest BCUT2D eigenvalue weighted by Gasteiger charge is -2.13. The number of aliphatic imine (C=N–C) groups is 1. The molecule has 1 aromatic rings. The Bertz CT molecular complexity index is 308. The molecule has 74 valence electrons. The van der Waals surface area contributed by atoms with Crippen LogP contribution in [0.4, 0.5) is 0 Å². The average molecular weight is 206 g/mol. The minimum absolute atomic E-state index is 0.976. The van der Waals surface area contributed by atoms with E-state index in [2.05, 4.69) is 34.6 Å². The molecule has 1 aliphatic rings. The zero-order chi connectivity index (χ0) is 9.64. The van der Waals surface area contributed by atoms with Crippen LogP contribution in [0.2, 0.25) is 0 Å². The molecule has 0 radical (unpaired) electrons. The summed E-state index contributed by atoms with van der Waals surface area (Å²) in [5.74, 6) is 1.01. The van der Waals surface area contributed by atoms with Crippen molar-refractivity contribution in [2.45, 2.75) is 12.2 Å². The van der Waals surface area contributed by atoms with Crippen molar-refractivity contribution in [3.8, 4) is 0 Å². The van der Waals surface area contributed by atoms with Gasteiger partial charge in [-0.3, -0.25) is 4.99 Å². The first-order valence-corrected chi connectivity index (χ1v) is 5.89. The first-order chi connectivity index (χ1) is 6.95. The van der Waals surface area contributed by atoms with Crippen molar-refractivity contribution < 1.29 is 0 Å². The summed E-state index contributed by atoms with van der Waals surface area (Å²) in [4.78, 5) is 4.41. The molecular weight excluding hydrogens is 192 g/mol. The highest BCUT2D eigenvalue weighted by atomic mass is 32.2. The molecule has 0 saturated carbocycles. The molecule has 0 bridgehead atoms. The van der Waals surface area contributed by atoms with Gasteiger partial charge in [-0.25, -0.2) is 0 Å². The van der Waals surface area contributed by atoms with E-state index in [1.54, 1.807) is 11.8 Å². The summed E-state index contributed by atoms with van der Waals surface area (Å²) in [6.45, 7) is 2.05. The van der Waals surface area contributed by atoms with Crippen molar-refractivity contribution in [1.29, 1.82) is 0 Å². The van der Waals surface area contributed by atoms with Gasteiger partial charge in [0, 0.05) is 18.8 Å². The van der Waals surface area contributed by atoms with Crippen LogP contribution in [0.3, 0.4) is 0 Å². The summed E-state index contributed by atoms with van der Waals surface area (Å²) in [6, 6.07) is 10.5. The zero-order valence-electron chi connectivity index (χ0n) is 8.07. The highest BCUT2D eigenvalue weighted by Gasteiger charge is 2.03. The average Bonchev–Trinajstić information content (AvgIpc) is 2.29. The fraction of sp³-hybridized carbons (Fsp3) is 0.364. The Balaban J connectivity index is 1.85. The first-order valence-electron chi connectivity index (χ1n) is 4.90. The Morgan fingerprint density at radius 3 is 2.86 bits per heavy atom. The molecule has 0 atom stereocenters. The molecule has 1 aromatic carbocycles. The van der Waals surface area contributed by atoms with Gasteiger partial charge in [0.15, 0.2) is 5.17 Å². The molecule has 0 unspecified atom stereocenters. The number of thioether (sulfide) groups is 1. The third-order valence-electron chi connectivity index (χ3n) is 2.08. The van der Waals surface area contributed by atoms with Crippen LogP contribution < -0.4 is 5.32 Å². The van der Waals surface area contributed by atoms with E-state index >= 15 is 0 Å². The van der Waals surface area contributed by atoms with E-state index in [1.807, 2.05) is 6.07 Å². The number of rotatable bonds is 2. The minimum atomic E-state index is 0.976. The topological polar surface area (TPSA) is 24.4 Å². The van der Waals surface area contributed by atoms with E-state index < -0.39 is 0 Å². The second kappa shape index (κ2) is 5.05. The van der Waals surface area contributed by atoms with Crippen LogP contribution in [0, 0.1) is 0 Å². The molecule has 14 heavy (non-hydrogen) atoms. The van der Waals surface area contributed by atoms with Crippen LogP contribution in [0.25, 0.3) is 0 Å². The van der Waals surface area contributed by atoms with E-state index in [-0.39, 0.29) is 0 Å². The lowest BCUT2D eigenvalue weighted by atomic mass is 10.2. The minimum Gasteiger partial charge on any atom is -0.365 e. The Kier molecular flexibility index (Phi) is 3.46. The van der Waals surface area contributed by atoms with Crippen LogP contribution >= 0.6 is 11.8 Å². The molecular formula is C11H14N2S. The number of nitrogens with zero attached hydrogens (tertiary/aromatic N) is 1. The number of nitrogens with one attached hydrogen (secondary N) is 1. The number of hydrogen-bond acceptors (Lipinski definition) is 3. The van der Waals surface area contributed by atoms with Gasteiger partial charge in [0.1, 0.15) is 0 Å². The van der Waals surface area contributed by atoms with E-state index in [0.717, 1.165) is 30.4 Å². The standard InChI is InChI=1S/C11H14N2S/c1-2-5-10(6-3-1)9-14-11-12-7-4-8-13-11/h1-3,5-6H,4,7-9H2,(H,12,13). The van der Waals surface area contributed by atoms with Crippen LogP contribution in [0.5, 0.6) is 0 Å². The number of hydrogen-bond donors (Lipinski definition) is 1. The van der Waals surface area contributed by atoms with Gasteiger partial charge >= 0.3 is 0 Å². The summed E-state index contributed by atoms with van der Waals surface area (Å²) in [5, 5.41) is 4.40. The van der Waals surface area contributed by atoms with Crippen LogP contribution in [0.15, 0.2) is 35.3 Å². The number of amidine groups is 1. The van der Waals surface area contributed by atoms with Crippen LogP contribution in [0.1, 0.15) is 12.0 Å². The second-order valence-corrected chi connectivity index (χ2v) is 4.21. The summed E-state index contributed by atoms with van der Waals surface area (Å²) in [7, 11) is 0. The molecule has 2 rings (SSSR count). The Morgan fingerprint density at radius 2 is 2.14 bits per heavy atom. The van der Waals surface area contributed by atoms with Gasteiger partial charge in [-0.1, -0.05) is 42.1 Å². The van der Waals surface area contributed by atoms with Gasteiger partial charge in [-0.15, -0.1) is 0 Å². The molecule has 0 aliphatic carbocycles. The lowest BCUT2D eigenvalue weighted by Crippen LogP contribution is -2.26. The largest absolute Gasteiger partial charge is 0.365 e. The maximum atomic E-state index is 4.41. The third-order valence-corrected chi connectivity index (χ3v) is 3.11. The van der Waals surface area contributed by atoms with Gasteiger partial charge in [0.25, 0.3) is 0 Å². The first kappa shape index (κ1) is 9.59. The molecule has 1 N–H and O–H groups in total. The van der Waals surface area contributed by atoms with Gasteiger partial charge in [0.2, 0.25) is 0 Å². The summed E-state index contributed by atoms with van der Waals surface area (Å²) in [5.41, 5.74) is 1.35. The Morgan fingerprint density at radius 1 is 1.29 bits per heavy atom. The quantitative estimate of drug-likeness (QED) is 0.802. The van der Waals surface area contributed by atoms with Crippen molar-refractivity contribution in [1.82, 2.24) is 5.32 Å². The van der Waals surface area contributed by atoms with Crippen molar-refractivity contribution in [3.05, 3.63) is 35.9 Å². The monoisotopic (exact) mass is 206 g/mol. The normalized spacial score (nSPS) is 15.9. The molecule has 0 aromatic heterocycles. The van der Waals surface area contributed by atoms with Crippen LogP contribution in [-0.2, 0) is 5.75 Å². The maximum absolute atomic E-state index is 4.41. The molecule has 0 spiro atoms. The fourth-order valence-electron chi connectivity index (χ4n) is 1.33. The SMILES string of the molecule is c1ccc(CSC2=NCCCN2)cc1. The third kappa shape index (κ3) is 2.77. The fourth-order valence-corrected chi connectivity index (χ4v) is 2.22. The lowest BCUT2D eigenvalue weighted by molar-refractivity contribution is 0.751. The molecule has 0 saturated heterocycles. The van der Waals surface area contributed by atoms with Crippen molar-refractivity contribution >= 4 is 16.9 Å². The van der Waals surface area contributed by atoms with Gasteiger partial charge in [-0.05, 0) is 12.0 Å². The van der Waals surface area contributed by atoms with Gasteiger partial charge < -0.3 is 5.32 Å². The summed E-state index contributed by atoms with van der Waals surface area (Å²) >= 11 is 1.79. The van der Waals surface area contributed by atoms with Crippen molar-refractivity contribution in [2.24, 2.45) is 4.99 Å². The van der Waals surface area contributed by atoms with E-state index in [9.17, 15) is 0 Å². The highest BCUT2D eigenvalue weighted by molar-refractivity contribution is 8.13. The van der Waals surface area contributed by atoms with E-state index in [1.165, 1.54) is 5.56 Å². The van der Waals surface area contributed by atoms with Crippen molar-refractivity contribution in [2.75, 3.05) is 13.1 Å². The van der Waals surface area contributed by atoms with E-state index in [4.69, 9.17) is 0 Å². The Hall–Kier alpha value is -0.960. The Labute approximate surface area is 88.8 Å². The number of benzene rings is 1. The van der Waals surface area contributed by atoms with Gasteiger partial charge in [0.05, 0.1) is 0 Å². The molecule has 2 nitrogen and oxygen atoms in total. The zero-order valence-corrected chi connectivity index (χ0v) is 8.89. The highest BCUT2D eigenvalue weighted by Crippen LogP contribution is 2.13. The molecule has 1 heterocycles. The van der Waals surface area contributed by atoms with Gasteiger partial charge in [-0.2, -0.15) is 0 Å². The summed E-state index contributed by atoms with van der Waals surface area (Å²) < 4.78 is 0. The van der Waals surface area contributed by atoms with E-state index in [0.29, 0.717) is 0 Å². The summed E-state index contributed by atoms with van der Waals surface area (Å²) in [6.07, 6.45) is 1.16. The van der Waals surface area contributed by atoms with Crippen molar-refractivity contribution in [3.63, 3.8) is 0 Å². The molecule has 3 heteroatoms.